The van der Waals surface area contributed by atoms with Crippen LogP contribution in [0.2, 0.25) is 5.02 Å². The van der Waals surface area contributed by atoms with Crippen molar-refractivity contribution in [2.75, 3.05) is 13.1 Å². The lowest BCUT2D eigenvalue weighted by molar-refractivity contribution is -0.122. The molecule has 0 aliphatic carbocycles. The van der Waals surface area contributed by atoms with E-state index in [1.54, 1.807) is 23.1 Å². The van der Waals surface area contributed by atoms with E-state index in [1.165, 1.54) is 6.42 Å². The van der Waals surface area contributed by atoms with Gasteiger partial charge in [0.05, 0.1) is 0 Å². The molecule has 1 fully saturated rings. The van der Waals surface area contributed by atoms with Crippen molar-refractivity contribution < 1.29 is 14.4 Å². The maximum Gasteiger partial charge on any atom is 0.260 e. The van der Waals surface area contributed by atoms with Gasteiger partial charge in [0.25, 0.3) is 5.91 Å². The molecular formula is C27H35ClN6O3. The summed E-state index contributed by atoms with van der Waals surface area (Å²) in [5.41, 5.74) is 5.37. The van der Waals surface area contributed by atoms with Crippen molar-refractivity contribution in [1.82, 2.24) is 21.0 Å². The van der Waals surface area contributed by atoms with E-state index in [0.29, 0.717) is 53.2 Å². The number of amidine groups is 2. The first-order valence-electron chi connectivity index (χ1n) is 12.6. The second-order valence-electron chi connectivity index (χ2n) is 8.71. The summed E-state index contributed by atoms with van der Waals surface area (Å²) in [6.07, 6.45) is 5.28. The monoisotopic (exact) mass is 526 g/mol. The Balaban J connectivity index is 0.00000121. The van der Waals surface area contributed by atoms with Crippen LogP contribution in [0.1, 0.15) is 58.6 Å². The molecule has 1 aromatic rings. The first-order valence-corrected chi connectivity index (χ1v) is 12.9. The fraction of sp³-hybridized carbons (Fsp3) is 0.407. The number of hydrogen-bond acceptors (Lipinski definition) is 7. The predicted octanol–water partition coefficient (Wildman–Crippen LogP) is 3.92. The van der Waals surface area contributed by atoms with Crippen LogP contribution in [0.4, 0.5) is 0 Å². The Labute approximate surface area is 223 Å². The van der Waals surface area contributed by atoms with Gasteiger partial charge in [-0.25, -0.2) is 20.3 Å². The fourth-order valence-electron chi connectivity index (χ4n) is 3.99. The molecule has 3 N–H and O–H groups in total. The average molecular weight is 527 g/mol. The van der Waals surface area contributed by atoms with Crippen molar-refractivity contribution in [3.63, 3.8) is 0 Å². The first-order chi connectivity index (χ1) is 17.7. The lowest BCUT2D eigenvalue weighted by atomic mass is 9.95. The Hall–Kier alpha value is -3.43. The zero-order chi connectivity index (χ0) is 27.1. The minimum atomic E-state index is -0.379. The van der Waals surface area contributed by atoms with Gasteiger partial charge >= 0.3 is 0 Å². The molecular weight excluding hydrogens is 492 g/mol. The predicted molar refractivity (Wildman–Crippen MR) is 148 cm³/mol. The number of allylic oxidation sites excluding steroid dienone is 1. The van der Waals surface area contributed by atoms with E-state index in [2.05, 4.69) is 46.5 Å². The Morgan fingerprint density at radius 2 is 2.08 bits per heavy atom. The molecule has 1 saturated heterocycles. The molecule has 2 unspecified atom stereocenters. The number of hydroxylamine groups is 1. The Kier molecular flexibility index (Phi) is 9.66. The lowest BCUT2D eigenvalue weighted by Crippen LogP contribution is -2.42. The number of carbonyl (C=O) groups excluding carboxylic acids is 2. The molecule has 3 aliphatic heterocycles. The number of amides is 2. The third-order valence-corrected chi connectivity index (χ3v) is 6.03. The SMILES string of the molecule is C=C(/N=C1\C(=C/C)C=C(c2ccc(C3=NC(C)ON3)cc2Cl)C(=O)N1CC)NC1CCNC1=O.CCC. The number of benzene rings is 1. The minimum absolute atomic E-state index is 0.0836. The molecule has 0 spiro atoms. The second kappa shape index (κ2) is 12.7. The standard InChI is InChI=1S/C24H27ClN6O3.C3H8/c1-5-15-11-18(17-8-7-16(12-19(17)25)21-29-14(4)34-30-21)24(33)31(6-2)22(15)28-13(3)27-20-9-10-26-23(20)32;1-3-2/h5,7-8,11-12,14,20,27H,3,6,9-10H2,1-2,4H3,(H,26,32)(H,29,30);3H2,1-2H3/b15-5-,28-22+;. The highest BCUT2D eigenvalue weighted by molar-refractivity contribution is 6.37. The summed E-state index contributed by atoms with van der Waals surface area (Å²) in [5, 5.41) is 6.23. The maximum atomic E-state index is 13.5. The smallest absolute Gasteiger partial charge is 0.260 e. The molecule has 0 aromatic heterocycles. The van der Waals surface area contributed by atoms with Gasteiger partial charge in [-0.2, -0.15) is 0 Å². The molecule has 0 bridgehead atoms. The highest BCUT2D eigenvalue weighted by Crippen LogP contribution is 2.32. The summed E-state index contributed by atoms with van der Waals surface area (Å²) in [6.45, 7) is 14.8. The van der Waals surface area contributed by atoms with Crippen LogP contribution in [0, 0.1) is 0 Å². The molecule has 0 radical (unpaired) electrons. The van der Waals surface area contributed by atoms with Gasteiger partial charge in [0.15, 0.2) is 12.1 Å². The second-order valence-corrected chi connectivity index (χ2v) is 9.12. The van der Waals surface area contributed by atoms with Gasteiger partial charge in [0, 0.05) is 40.4 Å². The van der Waals surface area contributed by atoms with E-state index in [4.69, 9.17) is 16.4 Å². The largest absolute Gasteiger partial charge is 0.359 e. The number of rotatable bonds is 6. The topological polar surface area (TPSA) is 107 Å². The summed E-state index contributed by atoms with van der Waals surface area (Å²) in [7, 11) is 0. The molecule has 3 heterocycles. The van der Waals surface area contributed by atoms with Crippen LogP contribution >= 0.6 is 11.6 Å². The molecule has 2 atom stereocenters. The quantitative estimate of drug-likeness (QED) is 0.520. The van der Waals surface area contributed by atoms with Crippen LogP contribution in [-0.4, -0.2) is 53.7 Å². The summed E-state index contributed by atoms with van der Waals surface area (Å²) < 4.78 is 0. The Morgan fingerprint density at radius 1 is 1.35 bits per heavy atom. The Morgan fingerprint density at radius 3 is 2.62 bits per heavy atom. The molecule has 1 aromatic carbocycles. The van der Waals surface area contributed by atoms with Gasteiger partial charge in [0.2, 0.25) is 5.91 Å². The van der Waals surface area contributed by atoms with Crippen molar-refractivity contribution in [2.24, 2.45) is 9.98 Å². The fourth-order valence-corrected chi connectivity index (χ4v) is 4.27. The van der Waals surface area contributed by atoms with Crippen LogP contribution in [0.25, 0.3) is 5.57 Å². The normalized spacial score (nSPS) is 23.2. The number of carbonyl (C=O) groups is 2. The van der Waals surface area contributed by atoms with E-state index in [-0.39, 0.29) is 24.1 Å². The van der Waals surface area contributed by atoms with E-state index in [9.17, 15) is 9.59 Å². The van der Waals surface area contributed by atoms with E-state index in [0.717, 1.165) is 11.1 Å². The van der Waals surface area contributed by atoms with Gasteiger partial charge < -0.3 is 10.6 Å². The number of nitrogens with zero attached hydrogens (tertiary/aromatic N) is 3. The molecule has 4 rings (SSSR count). The molecule has 9 nitrogen and oxygen atoms in total. The summed E-state index contributed by atoms with van der Waals surface area (Å²) >= 11 is 6.61. The highest BCUT2D eigenvalue weighted by Gasteiger charge is 2.31. The van der Waals surface area contributed by atoms with Gasteiger partial charge in [-0.15, -0.1) is 0 Å². The molecule has 37 heavy (non-hydrogen) atoms. The molecule has 198 valence electrons. The highest BCUT2D eigenvalue weighted by atomic mass is 35.5. The molecule has 10 heteroatoms. The van der Waals surface area contributed by atoms with E-state index >= 15 is 0 Å². The lowest BCUT2D eigenvalue weighted by Gasteiger charge is -2.30. The Bertz CT molecular complexity index is 1190. The summed E-state index contributed by atoms with van der Waals surface area (Å²) in [4.78, 5) is 41.1. The van der Waals surface area contributed by atoms with Crippen molar-refractivity contribution in [3.8, 4) is 0 Å². The van der Waals surface area contributed by atoms with Gasteiger partial charge in [0.1, 0.15) is 17.7 Å². The third-order valence-electron chi connectivity index (χ3n) is 5.72. The van der Waals surface area contributed by atoms with Crippen LogP contribution < -0.4 is 16.1 Å². The van der Waals surface area contributed by atoms with Crippen LogP contribution in [-0.2, 0) is 14.4 Å². The minimum Gasteiger partial charge on any atom is -0.359 e. The molecule has 3 aliphatic rings. The van der Waals surface area contributed by atoms with E-state index < -0.39 is 0 Å². The average Bonchev–Trinajstić information content (AvgIpc) is 3.48. The first kappa shape index (κ1) is 28.1. The summed E-state index contributed by atoms with van der Waals surface area (Å²) in [6, 6.07) is 5.02. The number of nitrogens with one attached hydrogen (secondary N) is 3. The van der Waals surface area contributed by atoms with E-state index in [1.807, 2.05) is 32.9 Å². The third kappa shape index (κ3) is 6.47. The molecule has 0 saturated carbocycles. The van der Waals surface area contributed by atoms with Gasteiger partial charge in [-0.1, -0.05) is 56.7 Å². The summed E-state index contributed by atoms with van der Waals surface area (Å²) in [5.74, 6) is 1.08. The van der Waals surface area contributed by atoms with Crippen molar-refractivity contribution in [2.45, 2.75) is 59.7 Å². The van der Waals surface area contributed by atoms with Gasteiger partial charge in [-0.3, -0.25) is 14.5 Å². The zero-order valence-electron chi connectivity index (χ0n) is 22.0. The number of hydrogen-bond donors (Lipinski definition) is 3. The maximum absolute atomic E-state index is 13.5. The number of likely N-dealkylation sites (N-methyl/N-ethyl adjacent to an activating group) is 1. The van der Waals surface area contributed by atoms with Crippen LogP contribution in [0.5, 0.6) is 0 Å². The van der Waals surface area contributed by atoms with Crippen LogP contribution in [0.3, 0.4) is 0 Å². The van der Waals surface area contributed by atoms with Crippen LogP contribution in [0.15, 0.2) is 58.3 Å². The zero-order valence-corrected chi connectivity index (χ0v) is 22.8. The van der Waals surface area contributed by atoms with Crippen molar-refractivity contribution >= 4 is 40.7 Å². The number of aliphatic imine (C=N–C) groups is 2. The number of halogens is 1. The molecule has 2 amide bonds. The van der Waals surface area contributed by atoms with Gasteiger partial charge in [-0.05, 0) is 39.3 Å². The van der Waals surface area contributed by atoms with Crippen molar-refractivity contribution in [1.29, 1.82) is 0 Å². The van der Waals surface area contributed by atoms with Crippen molar-refractivity contribution in [3.05, 3.63) is 64.5 Å².